The van der Waals surface area contributed by atoms with Gasteiger partial charge in [0.15, 0.2) is 0 Å². The topological polar surface area (TPSA) is 60.7 Å². The molecule has 1 aromatic rings. The quantitative estimate of drug-likeness (QED) is 0.688. The summed E-state index contributed by atoms with van der Waals surface area (Å²) >= 11 is 0. The second-order valence-corrected chi connectivity index (χ2v) is 8.63. The summed E-state index contributed by atoms with van der Waals surface area (Å²) in [5.41, 5.74) is 1.11. The van der Waals surface area contributed by atoms with Crippen LogP contribution in [0.1, 0.15) is 52.7 Å². The summed E-state index contributed by atoms with van der Waals surface area (Å²) in [4.78, 5) is 29.5. The van der Waals surface area contributed by atoms with Crippen LogP contribution in [0.3, 0.4) is 0 Å². The van der Waals surface area contributed by atoms with Crippen LogP contribution in [0.2, 0.25) is 0 Å². The Morgan fingerprint density at radius 3 is 1.33 bits per heavy atom. The molecule has 1 rings (SSSR count). The molecule has 1 aromatic carbocycles. The van der Waals surface area contributed by atoms with E-state index in [4.69, 9.17) is 0 Å². The van der Waals surface area contributed by atoms with Crippen molar-refractivity contribution in [2.24, 2.45) is 0 Å². The van der Waals surface area contributed by atoms with Crippen LogP contribution in [0.4, 0.5) is 0 Å². The third-order valence-corrected chi connectivity index (χ3v) is 4.23. The molecule has 18 heavy (non-hydrogen) atoms. The van der Waals surface area contributed by atoms with Crippen molar-refractivity contribution in [1.29, 1.82) is 0 Å². The summed E-state index contributed by atoms with van der Waals surface area (Å²) in [6.07, 6.45) is 0. The molecular weight excluding hydrogens is 247 g/mol. The fourth-order valence-corrected chi connectivity index (χ4v) is 3.80. The molecule has 0 saturated heterocycles. The normalized spacial score (nSPS) is 14.7. The third kappa shape index (κ3) is 3.30. The summed E-state index contributed by atoms with van der Waals surface area (Å²) in [5.74, 6) is 0. The van der Waals surface area contributed by atoms with Gasteiger partial charge < -0.3 is 0 Å². The van der Waals surface area contributed by atoms with Crippen molar-refractivity contribution in [2.45, 2.75) is 52.4 Å². The molecule has 0 radical (unpaired) electrons. The summed E-state index contributed by atoms with van der Waals surface area (Å²) in [6.45, 7) is 12.0. The van der Waals surface area contributed by atoms with Crippen molar-refractivity contribution in [2.75, 3.05) is 0 Å². The van der Waals surface area contributed by atoms with Gasteiger partial charge in [0.05, 0.1) is 0 Å². The molecule has 0 saturated carbocycles. The SMILES string of the molecule is CC(C)(C)c1cccc(C(C)(C)C)c1[PH](O)(O)O. The van der Waals surface area contributed by atoms with E-state index >= 15 is 0 Å². The molecule has 0 atom stereocenters. The first-order valence-corrected chi connectivity index (χ1v) is 8.01. The van der Waals surface area contributed by atoms with Crippen LogP contribution in [-0.4, -0.2) is 14.7 Å². The van der Waals surface area contributed by atoms with E-state index < -0.39 is 7.94 Å². The molecule has 0 aromatic heterocycles. The minimum absolute atomic E-state index is 0.247. The molecule has 0 bridgehead atoms. The van der Waals surface area contributed by atoms with Crippen molar-refractivity contribution in [3.63, 3.8) is 0 Å². The molecule has 3 nitrogen and oxygen atoms in total. The first-order valence-electron chi connectivity index (χ1n) is 6.16. The van der Waals surface area contributed by atoms with Gasteiger partial charge in [-0.2, -0.15) is 0 Å². The van der Waals surface area contributed by atoms with Gasteiger partial charge in [-0.3, -0.25) is 0 Å². The van der Waals surface area contributed by atoms with Gasteiger partial charge in [-0.1, -0.05) is 0 Å². The molecule has 0 aliphatic heterocycles. The summed E-state index contributed by atoms with van der Waals surface area (Å²) in [5, 5.41) is 0.338. The van der Waals surface area contributed by atoms with Crippen molar-refractivity contribution >= 4 is 13.2 Å². The second kappa shape index (κ2) is 4.57. The zero-order chi connectivity index (χ0) is 14.4. The minimum atomic E-state index is -4.34. The molecule has 4 heteroatoms. The number of benzene rings is 1. The molecule has 3 N–H and O–H groups in total. The van der Waals surface area contributed by atoms with Crippen LogP contribution in [0.15, 0.2) is 18.2 Å². The first kappa shape index (κ1) is 15.6. The van der Waals surface area contributed by atoms with Crippen molar-refractivity contribution < 1.29 is 14.7 Å². The number of hydrogen-bond acceptors (Lipinski definition) is 3. The predicted molar refractivity (Wildman–Crippen MR) is 78.4 cm³/mol. The van der Waals surface area contributed by atoms with Crippen LogP contribution in [0.5, 0.6) is 0 Å². The van der Waals surface area contributed by atoms with Crippen LogP contribution in [0.25, 0.3) is 0 Å². The van der Waals surface area contributed by atoms with Crippen LogP contribution >= 0.6 is 7.94 Å². The van der Waals surface area contributed by atoms with Crippen LogP contribution in [-0.2, 0) is 10.8 Å². The maximum absolute atomic E-state index is 9.83. The molecular formula is C14H25O3P. The Labute approximate surface area is 110 Å². The van der Waals surface area contributed by atoms with Gasteiger partial charge in [0.1, 0.15) is 0 Å². The monoisotopic (exact) mass is 272 g/mol. The van der Waals surface area contributed by atoms with E-state index in [1.54, 1.807) is 0 Å². The Morgan fingerprint density at radius 2 is 1.11 bits per heavy atom. The van der Waals surface area contributed by atoms with E-state index in [0.29, 0.717) is 5.30 Å². The van der Waals surface area contributed by atoms with Gasteiger partial charge in [-0.15, -0.1) is 0 Å². The zero-order valence-corrected chi connectivity index (χ0v) is 13.1. The Kier molecular flexibility index (Phi) is 3.96. The van der Waals surface area contributed by atoms with E-state index in [2.05, 4.69) is 0 Å². The Balaban J connectivity index is 3.68. The van der Waals surface area contributed by atoms with Gasteiger partial charge in [-0.05, 0) is 0 Å². The molecule has 0 fully saturated rings. The second-order valence-electron chi connectivity index (χ2n) is 6.86. The van der Waals surface area contributed by atoms with E-state index in [0.717, 1.165) is 11.1 Å². The zero-order valence-electron chi connectivity index (χ0n) is 12.1. The first-order chi connectivity index (χ1) is 7.85. The average molecular weight is 272 g/mol. The molecule has 0 heterocycles. The van der Waals surface area contributed by atoms with Crippen molar-refractivity contribution in [3.05, 3.63) is 29.3 Å². The Morgan fingerprint density at radius 1 is 0.778 bits per heavy atom. The maximum atomic E-state index is 9.83. The Bertz CT molecular complexity index is 402. The van der Waals surface area contributed by atoms with E-state index in [9.17, 15) is 14.7 Å². The molecule has 104 valence electrons. The summed E-state index contributed by atoms with van der Waals surface area (Å²) in [7, 11) is -4.34. The van der Waals surface area contributed by atoms with Gasteiger partial charge >= 0.3 is 110 Å². The fraction of sp³-hybridized carbons (Fsp3) is 0.571. The Hall–Kier alpha value is -0.470. The van der Waals surface area contributed by atoms with Crippen LogP contribution in [0, 0.1) is 0 Å². The molecule has 0 spiro atoms. The molecule has 0 aliphatic rings. The van der Waals surface area contributed by atoms with Crippen LogP contribution < -0.4 is 5.30 Å². The predicted octanol–water partition coefficient (Wildman–Crippen LogP) is 2.38. The van der Waals surface area contributed by atoms with Gasteiger partial charge in [0, 0.05) is 0 Å². The van der Waals surface area contributed by atoms with E-state index in [-0.39, 0.29) is 10.8 Å². The van der Waals surface area contributed by atoms with E-state index in [1.165, 1.54) is 0 Å². The van der Waals surface area contributed by atoms with Gasteiger partial charge in [0.25, 0.3) is 0 Å². The van der Waals surface area contributed by atoms with E-state index in [1.807, 2.05) is 59.7 Å². The fourth-order valence-electron chi connectivity index (χ4n) is 2.16. The molecule has 0 aliphatic carbocycles. The van der Waals surface area contributed by atoms with Gasteiger partial charge in [-0.25, -0.2) is 0 Å². The molecule has 0 amide bonds. The molecule has 0 unspecified atom stereocenters. The van der Waals surface area contributed by atoms with Crippen molar-refractivity contribution in [3.8, 4) is 0 Å². The standard InChI is InChI=1S/C14H25O3P/c1-13(2,3)10-8-7-9-11(14(4,5)6)12(10)18(15,16)17/h7-9,15-18H,1-6H3. The summed E-state index contributed by atoms with van der Waals surface area (Å²) < 4.78 is 0. The van der Waals surface area contributed by atoms with Crippen molar-refractivity contribution in [1.82, 2.24) is 0 Å². The number of rotatable bonds is 1. The average Bonchev–Trinajstić information content (AvgIpc) is 2.12. The summed E-state index contributed by atoms with van der Waals surface area (Å²) in [6, 6.07) is 5.62. The third-order valence-electron chi connectivity index (χ3n) is 3.02. The number of hydrogen-bond donors (Lipinski definition) is 3. The van der Waals surface area contributed by atoms with Gasteiger partial charge in [0.2, 0.25) is 0 Å².